The fourth-order valence-corrected chi connectivity index (χ4v) is 4.52. The minimum Gasteiger partial charge on any atom is -0.351 e. The molecule has 1 saturated heterocycles. The number of aromatic nitrogens is 1. The maximum absolute atomic E-state index is 12.9. The van der Waals surface area contributed by atoms with Crippen LogP contribution in [0.5, 0.6) is 0 Å². The summed E-state index contributed by atoms with van der Waals surface area (Å²) < 4.78 is 0.759. The summed E-state index contributed by atoms with van der Waals surface area (Å²) in [5, 5.41) is 3.73. The lowest BCUT2D eigenvalue weighted by molar-refractivity contribution is 0.0843. The number of hydrogen-bond acceptors (Lipinski definition) is 4. The van der Waals surface area contributed by atoms with Crippen LogP contribution in [0.3, 0.4) is 0 Å². The molecule has 1 aromatic heterocycles. The van der Waals surface area contributed by atoms with E-state index in [2.05, 4.69) is 67.3 Å². The van der Waals surface area contributed by atoms with Crippen LogP contribution in [0.15, 0.2) is 63.9 Å². The van der Waals surface area contributed by atoms with E-state index in [0.29, 0.717) is 23.7 Å². The zero-order valence-corrected chi connectivity index (χ0v) is 18.5. The van der Waals surface area contributed by atoms with Crippen LogP contribution in [-0.2, 0) is 0 Å². The largest absolute Gasteiger partial charge is 0.351 e. The number of halogens is 1. The van der Waals surface area contributed by atoms with E-state index in [4.69, 9.17) is 0 Å². The van der Waals surface area contributed by atoms with Crippen molar-refractivity contribution in [3.8, 4) is 0 Å². The van der Waals surface area contributed by atoms with E-state index < -0.39 is 0 Å². The second kappa shape index (κ2) is 9.12. The summed E-state index contributed by atoms with van der Waals surface area (Å²) in [6.45, 7) is 4.19. The van der Waals surface area contributed by atoms with Crippen molar-refractivity contribution in [1.82, 2.24) is 20.1 Å². The van der Waals surface area contributed by atoms with Crippen LogP contribution >= 0.6 is 15.9 Å². The Morgan fingerprint density at radius 1 is 1.17 bits per heavy atom. The van der Waals surface area contributed by atoms with Crippen LogP contribution in [0.4, 0.5) is 0 Å². The van der Waals surface area contributed by atoms with Gasteiger partial charge in [-0.2, -0.15) is 0 Å². The van der Waals surface area contributed by atoms with Gasteiger partial charge in [0.05, 0.1) is 11.1 Å². The van der Waals surface area contributed by atoms with Gasteiger partial charge in [-0.15, -0.1) is 0 Å². The Kier molecular flexibility index (Phi) is 6.32. The third-order valence-corrected chi connectivity index (χ3v) is 6.30. The van der Waals surface area contributed by atoms with Gasteiger partial charge in [-0.05, 0) is 34.6 Å². The van der Waals surface area contributed by atoms with Gasteiger partial charge >= 0.3 is 0 Å². The zero-order chi connectivity index (χ0) is 21.1. The Balaban J connectivity index is 1.46. The van der Waals surface area contributed by atoms with E-state index in [1.54, 1.807) is 0 Å². The van der Waals surface area contributed by atoms with Crippen molar-refractivity contribution < 1.29 is 4.79 Å². The molecule has 4 rings (SSSR count). The highest BCUT2D eigenvalue weighted by Crippen LogP contribution is 2.25. The number of amides is 1. The van der Waals surface area contributed by atoms with Crippen molar-refractivity contribution >= 4 is 32.7 Å². The van der Waals surface area contributed by atoms with Crippen molar-refractivity contribution in [3.05, 3.63) is 80.6 Å². The molecule has 30 heavy (non-hydrogen) atoms. The highest BCUT2D eigenvalue weighted by Gasteiger charge is 2.26. The van der Waals surface area contributed by atoms with Crippen LogP contribution in [0, 0.1) is 0 Å². The van der Waals surface area contributed by atoms with Crippen molar-refractivity contribution in [3.63, 3.8) is 0 Å². The number of carbonyl (C=O) groups is 1. The summed E-state index contributed by atoms with van der Waals surface area (Å²) >= 11 is 3.44. The number of H-pyrrole nitrogens is 1. The lowest BCUT2D eigenvalue weighted by Gasteiger charge is -2.40. The molecule has 1 atom stereocenters. The Hall–Kier alpha value is -2.48. The van der Waals surface area contributed by atoms with Crippen molar-refractivity contribution in [1.29, 1.82) is 0 Å². The van der Waals surface area contributed by atoms with E-state index in [9.17, 15) is 9.59 Å². The third-order valence-electron chi connectivity index (χ3n) is 5.64. The number of likely N-dealkylation sites (N-methyl/N-ethyl adjacent to an activating group) is 1. The van der Waals surface area contributed by atoms with Crippen LogP contribution in [0.2, 0.25) is 0 Å². The van der Waals surface area contributed by atoms with E-state index in [1.807, 2.05) is 24.3 Å². The van der Waals surface area contributed by atoms with Gasteiger partial charge in [-0.25, -0.2) is 0 Å². The van der Waals surface area contributed by atoms with Gasteiger partial charge in [-0.3, -0.25) is 14.5 Å². The first kappa shape index (κ1) is 20.8. The average molecular weight is 469 g/mol. The van der Waals surface area contributed by atoms with E-state index in [0.717, 1.165) is 36.0 Å². The summed E-state index contributed by atoms with van der Waals surface area (Å²) in [6, 6.07) is 17.7. The van der Waals surface area contributed by atoms with Gasteiger partial charge < -0.3 is 15.2 Å². The number of nitrogens with zero attached hydrogens (tertiary/aromatic N) is 2. The molecule has 3 aromatic rings. The topological polar surface area (TPSA) is 68.4 Å². The van der Waals surface area contributed by atoms with Crippen molar-refractivity contribution in [2.75, 3.05) is 39.8 Å². The molecule has 0 radical (unpaired) electrons. The number of nitrogens with one attached hydrogen (secondary N) is 2. The number of carbonyl (C=O) groups excluding carboxylic acids is 1. The first-order chi connectivity index (χ1) is 14.5. The van der Waals surface area contributed by atoms with Gasteiger partial charge in [0.25, 0.3) is 5.91 Å². The number of fused-ring (bicyclic) bond motifs is 1. The van der Waals surface area contributed by atoms with Gasteiger partial charge in [0.15, 0.2) is 0 Å². The fourth-order valence-electron chi connectivity index (χ4n) is 4.06. The average Bonchev–Trinajstić information content (AvgIpc) is 2.75. The molecular formula is C23H25BrN4O2. The SMILES string of the molecule is CN1CCN(CCNC(=O)c2cc(=O)[nH]c3c(Br)cccc23)C(c2ccccc2)C1. The molecule has 0 aliphatic carbocycles. The molecule has 1 aliphatic heterocycles. The Bertz CT molecular complexity index is 1100. The highest BCUT2D eigenvalue weighted by molar-refractivity contribution is 9.10. The molecule has 1 aliphatic rings. The van der Waals surface area contributed by atoms with Crippen LogP contribution in [-0.4, -0.2) is 60.5 Å². The predicted molar refractivity (Wildman–Crippen MR) is 123 cm³/mol. The van der Waals surface area contributed by atoms with E-state index >= 15 is 0 Å². The van der Waals surface area contributed by atoms with E-state index in [-0.39, 0.29) is 11.5 Å². The number of benzene rings is 2. The molecule has 1 unspecified atom stereocenters. The number of pyridine rings is 1. The van der Waals surface area contributed by atoms with Gasteiger partial charge in [0.2, 0.25) is 5.56 Å². The summed E-state index contributed by atoms with van der Waals surface area (Å²) in [5.74, 6) is -0.227. The van der Waals surface area contributed by atoms with Gasteiger partial charge in [0, 0.05) is 54.7 Å². The molecule has 2 N–H and O–H groups in total. The van der Waals surface area contributed by atoms with Crippen LogP contribution in [0.25, 0.3) is 10.9 Å². The van der Waals surface area contributed by atoms with Crippen molar-refractivity contribution in [2.45, 2.75) is 6.04 Å². The monoisotopic (exact) mass is 468 g/mol. The first-order valence-corrected chi connectivity index (χ1v) is 10.9. The molecule has 2 aromatic carbocycles. The lowest BCUT2D eigenvalue weighted by Crippen LogP contribution is -2.49. The quantitative estimate of drug-likeness (QED) is 0.603. The smallest absolute Gasteiger partial charge is 0.252 e. The maximum Gasteiger partial charge on any atom is 0.252 e. The molecule has 2 heterocycles. The summed E-state index contributed by atoms with van der Waals surface area (Å²) in [6.07, 6.45) is 0. The number of aromatic amines is 1. The van der Waals surface area contributed by atoms with Crippen LogP contribution in [0.1, 0.15) is 22.0 Å². The zero-order valence-electron chi connectivity index (χ0n) is 16.9. The minimum atomic E-state index is -0.289. The van der Waals surface area contributed by atoms with E-state index in [1.165, 1.54) is 11.6 Å². The Morgan fingerprint density at radius 3 is 2.77 bits per heavy atom. The Labute approximate surface area is 184 Å². The molecule has 0 spiro atoms. The maximum atomic E-state index is 12.9. The molecule has 1 fully saturated rings. The molecule has 7 heteroatoms. The lowest BCUT2D eigenvalue weighted by atomic mass is 10.0. The molecule has 0 saturated carbocycles. The second-order valence-corrected chi connectivity index (χ2v) is 8.54. The molecule has 1 amide bonds. The Morgan fingerprint density at radius 2 is 1.97 bits per heavy atom. The first-order valence-electron chi connectivity index (χ1n) is 10.1. The van der Waals surface area contributed by atoms with Gasteiger partial charge in [0.1, 0.15) is 0 Å². The third kappa shape index (κ3) is 4.48. The number of piperazine rings is 1. The molecule has 6 nitrogen and oxygen atoms in total. The standard InChI is InChI=1S/C23H25BrN4O2/c1-27-12-13-28(20(15-27)16-6-3-2-4-7-16)11-10-25-23(30)18-14-21(29)26-22-17(18)8-5-9-19(22)24/h2-9,14,20H,10-13,15H2,1H3,(H,25,30)(H,26,29). The minimum absolute atomic E-state index is 0.227. The molecule has 156 valence electrons. The molecular weight excluding hydrogens is 444 g/mol. The number of hydrogen-bond donors (Lipinski definition) is 2. The second-order valence-electron chi connectivity index (χ2n) is 7.69. The van der Waals surface area contributed by atoms with Gasteiger partial charge in [-0.1, -0.05) is 42.5 Å². The van der Waals surface area contributed by atoms with Crippen molar-refractivity contribution in [2.24, 2.45) is 0 Å². The normalized spacial score (nSPS) is 17.9. The predicted octanol–water partition coefficient (Wildman–Crippen LogP) is 3.01. The number of para-hydroxylation sites is 1. The summed E-state index contributed by atoms with van der Waals surface area (Å²) in [7, 11) is 2.14. The molecule has 0 bridgehead atoms. The number of rotatable bonds is 5. The van der Waals surface area contributed by atoms with Crippen LogP contribution < -0.4 is 10.9 Å². The summed E-state index contributed by atoms with van der Waals surface area (Å²) in [5.41, 5.74) is 2.04. The highest BCUT2D eigenvalue weighted by atomic mass is 79.9. The summed E-state index contributed by atoms with van der Waals surface area (Å²) in [4.78, 5) is 32.5. The fraction of sp³-hybridized carbons (Fsp3) is 0.304.